The number of sulfonamides is 1. The summed E-state index contributed by atoms with van der Waals surface area (Å²) >= 11 is 0. The average molecular weight is 422 g/mol. The van der Waals surface area contributed by atoms with Crippen LogP contribution >= 0.6 is 0 Å². The Morgan fingerprint density at radius 1 is 0.867 bits per heavy atom. The molecule has 2 heterocycles. The van der Waals surface area contributed by atoms with Gasteiger partial charge in [0.25, 0.3) is 15.7 Å². The molecule has 0 atom stereocenters. The summed E-state index contributed by atoms with van der Waals surface area (Å²) in [7, 11) is -3.92. The number of benzene rings is 2. The molecule has 10 heteroatoms. The number of nitrogens with zero attached hydrogens (tertiary/aromatic N) is 3. The quantitative estimate of drug-likeness (QED) is 0.366. The Labute approximate surface area is 171 Å². The molecule has 30 heavy (non-hydrogen) atoms. The summed E-state index contributed by atoms with van der Waals surface area (Å²) in [5.41, 5.74) is 1.27. The van der Waals surface area contributed by atoms with E-state index in [4.69, 9.17) is 4.42 Å². The largest absolute Gasteiger partial charge is 0.436 e. The van der Waals surface area contributed by atoms with Gasteiger partial charge in [-0.15, -0.1) is 0 Å². The lowest BCUT2D eigenvalue weighted by Gasteiger charge is -2.07. The summed E-state index contributed by atoms with van der Waals surface area (Å²) in [6, 6.07) is 17.9. The van der Waals surface area contributed by atoms with Gasteiger partial charge in [-0.05, 0) is 30.3 Å². The topological polar surface area (TPSA) is 128 Å². The molecular weight excluding hydrogens is 408 g/mol. The molecule has 0 unspecified atom stereocenters. The predicted molar refractivity (Wildman–Crippen MR) is 109 cm³/mol. The van der Waals surface area contributed by atoms with Gasteiger partial charge in [0.05, 0.1) is 16.0 Å². The molecule has 2 aromatic heterocycles. The maximum Gasteiger partial charge on any atom is 0.287 e. The highest BCUT2D eigenvalue weighted by Crippen LogP contribution is 2.27. The fourth-order valence-electron chi connectivity index (χ4n) is 2.67. The Balaban J connectivity index is 1.53. The minimum absolute atomic E-state index is 0.00115. The standard InChI is InChI=1S/C20H14N4O5S/c25-24(26)16-8-11-19(21-12-16)23-30(27,28)17-9-6-15(7-10-17)20-22-13-18(29-20)14-4-2-1-3-5-14/h1-13H,(H,21,23). The smallest absolute Gasteiger partial charge is 0.287 e. The summed E-state index contributed by atoms with van der Waals surface area (Å²) in [4.78, 5) is 18.0. The molecule has 0 aliphatic rings. The predicted octanol–water partition coefficient (Wildman–Crippen LogP) is 4.11. The van der Waals surface area contributed by atoms with Crippen molar-refractivity contribution in [2.45, 2.75) is 4.90 Å². The first-order valence-corrected chi connectivity index (χ1v) is 10.2. The van der Waals surface area contributed by atoms with Crippen molar-refractivity contribution in [1.29, 1.82) is 0 Å². The Morgan fingerprint density at radius 3 is 2.23 bits per heavy atom. The molecule has 0 spiro atoms. The minimum atomic E-state index is -3.92. The van der Waals surface area contributed by atoms with Crippen molar-refractivity contribution in [3.63, 3.8) is 0 Å². The normalized spacial score (nSPS) is 11.2. The third-order valence-electron chi connectivity index (χ3n) is 4.17. The van der Waals surface area contributed by atoms with Crippen molar-refractivity contribution < 1.29 is 17.8 Å². The van der Waals surface area contributed by atoms with Crippen molar-refractivity contribution in [3.05, 3.63) is 89.2 Å². The zero-order chi connectivity index (χ0) is 21.1. The summed E-state index contributed by atoms with van der Waals surface area (Å²) in [6.07, 6.45) is 2.59. The number of hydrogen-bond acceptors (Lipinski definition) is 7. The first kappa shape index (κ1) is 19.3. The molecule has 0 bridgehead atoms. The minimum Gasteiger partial charge on any atom is -0.436 e. The molecule has 4 aromatic rings. The molecule has 0 amide bonds. The van der Waals surface area contributed by atoms with Crippen LogP contribution in [0.3, 0.4) is 0 Å². The molecule has 0 saturated carbocycles. The van der Waals surface area contributed by atoms with Gasteiger partial charge in [0.1, 0.15) is 12.0 Å². The summed E-state index contributed by atoms with van der Waals surface area (Å²) in [6.45, 7) is 0. The third kappa shape index (κ3) is 4.03. The van der Waals surface area contributed by atoms with E-state index < -0.39 is 14.9 Å². The lowest BCUT2D eigenvalue weighted by Crippen LogP contribution is -2.13. The van der Waals surface area contributed by atoms with E-state index in [-0.39, 0.29) is 16.4 Å². The van der Waals surface area contributed by atoms with Crippen molar-refractivity contribution >= 4 is 21.5 Å². The SMILES string of the molecule is O=[N+]([O-])c1ccc(NS(=O)(=O)c2ccc(-c3ncc(-c4ccccc4)o3)cc2)nc1. The zero-order valence-electron chi connectivity index (χ0n) is 15.3. The summed E-state index contributed by atoms with van der Waals surface area (Å²) < 4.78 is 33.1. The molecule has 150 valence electrons. The second-order valence-corrected chi connectivity index (χ2v) is 7.87. The van der Waals surface area contributed by atoms with Crippen LogP contribution in [0.25, 0.3) is 22.8 Å². The number of oxazole rings is 1. The molecule has 0 aliphatic heterocycles. The number of nitrogens with one attached hydrogen (secondary N) is 1. The second kappa shape index (κ2) is 7.76. The van der Waals surface area contributed by atoms with Crippen molar-refractivity contribution in [2.75, 3.05) is 4.72 Å². The Hall–Kier alpha value is -4.05. The average Bonchev–Trinajstić information content (AvgIpc) is 3.25. The lowest BCUT2D eigenvalue weighted by atomic mass is 10.2. The highest BCUT2D eigenvalue weighted by atomic mass is 32.2. The van der Waals surface area contributed by atoms with Crippen LogP contribution in [0.15, 0.2) is 88.4 Å². The molecule has 2 aromatic carbocycles. The van der Waals surface area contributed by atoms with E-state index in [2.05, 4.69) is 14.7 Å². The van der Waals surface area contributed by atoms with Gasteiger partial charge in [-0.1, -0.05) is 30.3 Å². The van der Waals surface area contributed by atoms with E-state index in [1.807, 2.05) is 30.3 Å². The van der Waals surface area contributed by atoms with Crippen LogP contribution in [0.1, 0.15) is 0 Å². The van der Waals surface area contributed by atoms with E-state index in [0.29, 0.717) is 17.2 Å². The summed E-state index contributed by atoms with van der Waals surface area (Å²) in [5.74, 6) is 0.945. The van der Waals surface area contributed by atoms with Gasteiger partial charge in [-0.25, -0.2) is 18.4 Å². The molecule has 1 N–H and O–H groups in total. The van der Waals surface area contributed by atoms with Crippen molar-refractivity contribution in [1.82, 2.24) is 9.97 Å². The Morgan fingerprint density at radius 2 is 1.60 bits per heavy atom. The number of aromatic nitrogens is 2. The van der Waals surface area contributed by atoms with Crippen LogP contribution in [-0.2, 0) is 10.0 Å². The van der Waals surface area contributed by atoms with Crippen molar-refractivity contribution in [2.24, 2.45) is 0 Å². The Bertz CT molecular complexity index is 1290. The van der Waals surface area contributed by atoms with Gasteiger partial charge in [0, 0.05) is 17.2 Å². The highest BCUT2D eigenvalue weighted by Gasteiger charge is 2.17. The van der Waals surface area contributed by atoms with Crippen LogP contribution in [0.4, 0.5) is 11.5 Å². The molecule has 0 fully saturated rings. The number of nitro groups is 1. The first-order chi connectivity index (χ1) is 14.4. The molecule has 0 aliphatic carbocycles. The number of anilines is 1. The first-order valence-electron chi connectivity index (χ1n) is 8.67. The van der Waals surface area contributed by atoms with Gasteiger partial charge in [-0.3, -0.25) is 14.8 Å². The fourth-order valence-corrected chi connectivity index (χ4v) is 3.68. The molecular formula is C20H14N4O5S. The summed E-state index contributed by atoms with van der Waals surface area (Å²) in [5, 5.41) is 10.7. The monoisotopic (exact) mass is 422 g/mol. The molecule has 4 rings (SSSR count). The van der Waals surface area contributed by atoms with Gasteiger partial charge >= 0.3 is 0 Å². The van der Waals surface area contributed by atoms with Crippen LogP contribution in [0, 0.1) is 10.1 Å². The maximum atomic E-state index is 12.5. The maximum absolute atomic E-state index is 12.5. The van der Waals surface area contributed by atoms with E-state index in [1.54, 1.807) is 18.3 Å². The zero-order valence-corrected chi connectivity index (χ0v) is 16.1. The van der Waals surface area contributed by atoms with E-state index in [9.17, 15) is 18.5 Å². The van der Waals surface area contributed by atoms with Gasteiger partial charge in [0.15, 0.2) is 5.76 Å². The highest BCUT2D eigenvalue weighted by molar-refractivity contribution is 7.92. The molecule has 0 radical (unpaired) electrons. The van der Waals surface area contributed by atoms with Gasteiger partial charge in [0.2, 0.25) is 5.89 Å². The van der Waals surface area contributed by atoms with E-state index >= 15 is 0 Å². The molecule has 9 nitrogen and oxygen atoms in total. The van der Waals surface area contributed by atoms with Crippen LogP contribution in [0.2, 0.25) is 0 Å². The number of rotatable bonds is 6. The Kier molecular flexibility index (Phi) is 4.98. The lowest BCUT2D eigenvalue weighted by molar-refractivity contribution is -0.385. The molecule has 0 saturated heterocycles. The fraction of sp³-hybridized carbons (Fsp3) is 0. The third-order valence-corrected chi connectivity index (χ3v) is 5.54. The van der Waals surface area contributed by atoms with Crippen LogP contribution in [0.5, 0.6) is 0 Å². The van der Waals surface area contributed by atoms with E-state index in [1.165, 1.54) is 24.3 Å². The second-order valence-electron chi connectivity index (χ2n) is 6.18. The van der Waals surface area contributed by atoms with Gasteiger partial charge in [-0.2, -0.15) is 0 Å². The van der Waals surface area contributed by atoms with Crippen molar-refractivity contribution in [3.8, 4) is 22.8 Å². The van der Waals surface area contributed by atoms with E-state index in [0.717, 1.165) is 11.8 Å². The number of pyridine rings is 1. The van der Waals surface area contributed by atoms with Gasteiger partial charge < -0.3 is 4.42 Å². The van der Waals surface area contributed by atoms with Crippen LogP contribution < -0.4 is 4.72 Å². The van der Waals surface area contributed by atoms with Crippen LogP contribution in [-0.4, -0.2) is 23.3 Å². The number of hydrogen-bond donors (Lipinski definition) is 1.